The number of cyclic esters (lactones) is 1. The summed E-state index contributed by atoms with van der Waals surface area (Å²) in [6, 6.07) is 3.39. The van der Waals surface area contributed by atoms with Gasteiger partial charge >= 0.3 is 6.09 Å². The normalized spacial score (nSPS) is 14.4. The number of ether oxygens (including phenoxy) is 1. The summed E-state index contributed by atoms with van der Waals surface area (Å²) >= 11 is 0. The van der Waals surface area contributed by atoms with Crippen LogP contribution in [-0.4, -0.2) is 34.1 Å². The Morgan fingerprint density at radius 2 is 2.13 bits per heavy atom. The summed E-state index contributed by atoms with van der Waals surface area (Å²) in [5.74, 6) is -0.965. The molecule has 0 spiro atoms. The van der Waals surface area contributed by atoms with Gasteiger partial charge in [0.15, 0.2) is 0 Å². The molecular weight excluding hydrogens is 311 g/mol. The predicted octanol–water partition coefficient (Wildman–Crippen LogP) is 3.17. The van der Waals surface area contributed by atoms with Crippen LogP contribution in [0.3, 0.4) is 0 Å². The van der Waals surface area contributed by atoms with Crippen LogP contribution in [0.5, 0.6) is 0 Å². The van der Waals surface area contributed by atoms with Crippen molar-refractivity contribution in [1.29, 1.82) is 0 Å². The lowest BCUT2D eigenvalue weighted by atomic mass is 10.1. The topological polar surface area (TPSA) is 55.3 Å². The van der Waals surface area contributed by atoms with Gasteiger partial charge in [-0.15, -0.1) is 0 Å². The molecule has 2 heterocycles. The second-order valence-corrected chi connectivity index (χ2v) is 4.97. The second-order valence-electron chi connectivity index (χ2n) is 4.97. The van der Waals surface area contributed by atoms with Crippen molar-refractivity contribution < 1.29 is 22.7 Å². The van der Waals surface area contributed by atoms with Crippen LogP contribution < -0.4 is 0 Å². The number of carbonyl (C=O) groups is 1. The molecule has 1 aliphatic heterocycles. The fourth-order valence-corrected chi connectivity index (χ4v) is 2.26. The molecule has 0 aliphatic carbocycles. The van der Waals surface area contributed by atoms with Crippen molar-refractivity contribution in [2.75, 3.05) is 13.2 Å². The fourth-order valence-electron chi connectivity index (χ4n) is 2.26. The maximum atomic E-state index is 13.4. The Morgan fingerprint density at radius 1 is 1.30 bits per heavy atom. The number of amides is 1. The van der Waals surface area contributed by atoms with Gasteiger partial charge in [0.25, 0.3) is 6.43 Å². The molecule has 1 fully saturated rings. The van der Waals surface area contributed by atoms with E-state index in [1.54, 1.807) is 0 Å². The maximum absolute atomic E-state index is 13.4. The van der Waals surface area contributed by atoms with Crippen LogP contribution in [-0.2, 0) is 11.3 Å². The molecule has 3 rings (SSSR count). The van der Waals surface area contributed by atoms with Gasteiger partial charge in [0.1, 0.15) is 12.4 Å². The zero-order valence-electron chi connectivity index (χ0n) is 11.9. The minimum atomic E-state index is -2.91. The van der Waals surface area contributed by atoms with Crippen molar-refractivity contribution in [3.05, 3.63) is 47.7 Å². The molecule has 8 heteroatoms. The van der Waals surface area contributed by atoms with Gasteiger partial charge in [0, 0.05) is 5.56 Å². The summed E-state index contributed by atoms with van der Waals surface area (Å²) in [5.41, 5.74) is 0.471. The highest BCUT2D eigenvalue weighted by molar-refractivity contribution is 5.69. The van der Waals surface area contributed by atoms with Crippen LogP contribution in [0.2, 0.25) is 0 Å². The van der Waals surface area contributed by atoms with E-state index in [1.807, 2.05) is 0 Å². The lowest BCUT2D eigenvalue weighted by molar-refractivity contribution is 0.146. The second kappa shape index (κ2) is 6.23. The summed E-state index contributed by atoms with van der Waals surface area (Å²) in [4.78, 5) is 21.2. The minimum absolute atomic E-state index is 0.211. The zero-order valence-corrected chi connectivity index (χ0v) is 11.9. The quantitative estimate of drug-likeness (QED) is 0.867. The van der Waals surface area contributed by atoms with Crippen LogP contribution in [0, 0.1) is 5.82 Å². The lowest BCUT2D eigenvalue weighted by Gasteiger charge is -2.12. The number of nitrogens with zero attached hydrogens (tertiary/aromatic N) is 3. The number of carbonyl (C=O) groups excluding carboxylic acids is 1. The van der Waals surface area contributed by atoms with Gasteiger partial charge in [-0.2, -0.15) is 0 Å². The molecule has 0 bridgehead atoms. The molecule has 0 saturated carbocycles. The van der Waals surface area contributed by atoms with Crippen molar-refractivity contribution in [1.82, 2.24) is 14.9 Å². The van der Waals surface area contributed by atoms with E-state index in [0.29, 0.717) is 30.1 Å². The van der Waals surface area contributed by atoms with Crippen molar-refractivity contribution in [2.45, 2.75) is 13.0 Å². The highest BCUT2D eigenvalue weighted by atomic mass is 19.3. The molecular formula is C15H12F3N3O2. The Balaban J connectivity index is 1.87. The summed E-state index contributed by atoms with van der Waals surface area (Å²) in [7, 11) is 0. The average molecular weight is 323 g/mol. The van der Waals surface area contributed by atoms with Gasteiger partial charge in [-0.25, -0.2) is 22.9 Å². The summed E-state index contributed by atoms with van der Waals surface area (Å²) in [5, 5.41) is 0. The van der Waals surface area contributed by atoms with Crippen molar-refractivity contribution >= 4 is 6.09 Å². The Bertz CT molecular complexity index is 740. The Morgan fingerprint density at radius 3 is 2.83 bits per heavy atom. The molecule has 1 aliphatic rings. The molecule has 0 atom stereocenters. The van der Waals surface area contributed by atoms with Crippen molar-refractivity contribution in [3.63, 3.8) is 0 Å². The highest BCUT2D eigenvalue weighted by Gasteiger charge is 2.22. The molecule has 0 N–H and O–H groups in total. The Hall–Kier alpha value is -2.64. The first kappa shape index (κ1) is 15.3. The largest absolute Gasteiger partial charge is 0.448 e. The van der Waals surface area contributed by atoms with Gasteiger partial charge < -0.3 is 4.74 Å². The van der Waals surface area contributed by atoms with E-state index in [4.69, 9.17) is 4.74 Å². The Kier molecular flexibility index (Phi) is 4.14. The number of halogens is 3. The monoisotopic (exact) mass is 323 g/mol. The molecule has 0 unspecified atom stereocenters. The number of hydrogen-bond acceptors (Lipinski definition) is 4. The van der Waals surface area contributed by atoms with Crippen molar-refractivity contribution in [2.24, 2.45) is 0 Å². The minimum Gasteiger partial charge on any atom is -0.448 e. The third-order valence-electron chi connectivity index (χ3n) is 3.41. The summed E-state index contributed by atoms with van der Waals surface area (Å²) in [6.45, 7) is 0.987. The molecule has 0 radical (unpaired) electrons. The maximum Gasteiger partial charge on any atom is 0.410 e. The predicted molar refractivity (Wildman–Crippen MR) is 74.1 cm³/mol. The molecule has 120 valence electrons. The number of aromatic nitrogens is 2. The number of alkyl halides is 2. The van der Waals surface area contributed by atoms with Gasteiger partial charge in [0.05, 0.1) is 42.4 Å². The highest BCUT2D eigenvalue weighted by Crippen LogP contribution is 2.27. The smallest absolute Gasteiger partial charge is 0.410 e. The fraction of sp³-hybridized carbons (Fsp3) is 0.267. The van der Waals surface area contributed by atoms with E-state index in [0.717, 1.165) is 12.1 Å². The van der Waals surface area contributed by atoms with Crippen molar-refractivity contribution in [3.8, 4) is 11.3 Å². The van der Waals surface area contributed by atoms with Gasteiger partial charge in [0.2, 0.25) is 0 Å². The van der Waals surface area contributed by atoms with Crippen LogP contribution in [0.1, 0.15) is 17.7 Å². The molecule has 1 saturated heterocycles. The molecule has 2 aromatic rings. The number of hydrogen-bond donors (Lipinski definition) is 0. The van der Waals surface area contributed by atoms with E-state index in [9.17, 15) is 18.0 Å². The first-order valence-electron chi connectivity index (χ1n) is 6.85. The van der Waals surface area contributed by atoms with E-state index < -0.39 is 23.9 Å². The molecule has 1 aromatic heterocycles. The number of rotatable bonds is 4. The number of benzene rings is 1. The van der Waals surface area contributed by atoms with Crippen LogP contribution in [0.15, 0.2) is 30.6 Å². The SMILES string of the molecule is O=C1OCCN1Cc1cncc(-c2ccc(F)c(C(F)F)c2)n1. The van der Waals surface area contributed by atoms with E-state index in [-0.39, 0.29) is 6.54 Å². The lowest BCUT2D eigenvalue weighted by Crippen LogP contribution is -2.24. The standard InChI is InChI=1S/C15H12F3N3O2/c16-12-2-1-9(5-11(12)14(17)18)13-7-19-6-10(20-13)8-21-3-4-23-15(21)22/h1-2,5-7,14H,3-4,8H2. The van der Waals surface area contributed by atoms with E-state index in [2.05, 4.69) is 9.97 Å². The van der Waals surface area contributed by atoms with Crippen LogP contribution >= 0.6 is 0 Å². The van der Waals surface area contributed by atoms with E-state index in [1.165, 1.54) is 23.4 Å². The summed E-state index contributed by atoms with van der Waals surface area (Å²) < 4.78 is 43.7. The van der Waals surface area contributed by atoms with Gasteiger partial charge in [-0.3, -0.25) is 9.88 Å². The molecule has 23 heavy (non-hydrogen) atoms. The summed E-state index contributed by atoms with van der Waals surface area (Å²) in [6.07, 6.45) is -0.467. The molecule has 5 nitrogen and oxygen atoms in total. The van der Waals surface area contributed by atoms with Crippen LogP contribution in [0.25, 0.3) is 11.3 Å². The zero-order chi connectivity index (χ0) is 16.4. The van der Waals surface area contributed by atoms with Gasteiger partial charge in [-0.05, 0) is 18.2 Å². The molecule has 1 aromatic carbocycles. The molecule has 1 amide bonds. The third kappa shape index (κ3) is 3.25. The Labute approximate surface area is 129 Å². The van der Waals surface area contributed by atoms with E-state index >= 15 is 0 Å². The first-order valence-corrected chi connectivity index (χ1v) is 6.85. The van der Waals surface area contributed by atoms with Gasteiger partial charge in [-0.1, -0.05) is 0 Å². The third-order valence-corrected chi connectivity index (χ3v) is 3.41. The first-order chi connectivity index (χ1) is 11.0. The average Bonchev–Trinajstić information content (AvgIpc) is 2.93. The van der Waals surface area contributed by atoms with Crippen LogP contribution in [0.4, 0.5) is 18.0 Å².